The normalized spacial score (nSPS) is 14.5. The quantitative estimate of drug-likeness (QED) is 0.661. The molecule has 0 atom stereocenters. The van der Waals surface area contributed by atoms with Gasteiger partial charge in [0.1, 0.15) is 0 Å². The summed E-state index contributed by atoms with van der Waals surface area (Å²) in [7, 11) is 1.33. The third-order valence-electron chi connectivity index (χ3n) is 4.65. The average molecular weight is 435 g/mol. The van der Waals surface area contributed by atoms with Crippen molar-refractivity contribution in [2.24, 2.45) is 5.92 Å². The van der Waals surface area contributed by atoms with Crippen LogP contribution in [0.4, 0.5) is 18.9 Å². The number of carbonyl (C=O) groups is 3. The topological polar surface area (TPSA) is 75.7 Å². The van der Waals surface area contributed by atoms with E-state index < -0.39 is 47.7 Å². The number of alkyl halides is 3. The summed E-state index contributed by atoms with van der Waals surface area (Å²) in [6.07, 6.45) is -0.254. The highest BCUT2D eigenvalue weighted by molar-refractivity contribution is 6.31. The second kappa shape index (κ2) is 9.96. The fourth-order valence-corrected chi connectivity index (χ4v) is 3.31. The summed E-state index contributed by atoms with van der Waals surface area (Å²) in [6.45, 7) is -0.905. The number of nitrogens with zero attached hydrogens (tertiary/aromatic N) is 1. The van der Waals surface area contributed by atoms with E-state index in [-0.39, 0.29) is 12.1 Å². The predicted octanol–water partition coefficient (Wildman–Crippen LogP) is 3.88. The van der Waals surface area contributed by atoms with Gasteiger partial charge in [0.15, 0.2) is 6.61 Å². The summed E-state index contributed by atoms with van der Waals surface area (Å²) < 4.78 is 43.6. The third kappa shape index (κ3) is 7.23. The smallest absolute Gasteiger partial charge is 0.417 e. The fraction of sp³-hybridized carbons (Fsp3) is 0.526. The highest BCUT2D eigenvalue weighted by Gasteiger charge is 2.33. The van der Waals surface area contributed by atoms with E-state index in [4.69, 9.17) is 16.3 Å². The molecule has 10 heteroatoms. The Hall–Kier alpha value is -2.29. The summed E-state index contributed by atoms with van der Waals surface area (Å²) in [5.74, 6) is -1.45. The minimum absolute atomic E-state index is 0.101. The molecule has 0 bridgehead atoms. The van der Waals surface area contributed by atoms with Crippen LogP contribution in [0.15, 0.2) is 18.2 Å². The number of likely N-dealkylation sites (N-methyl/N-ethyl adjacent to an activating group) is 1. The predicted molar refractivity (Wildman–Crippen MR) is 100 cm³/mol. The van der Waals surface area contributed by atoms with E-state index in [9.17, 15) is 27.6 Å². The van der Waals surface area contributed by atoms with Crippen LogP contribution in [-0.2, 0) is 25.3 Å². The zero-order valence-corrected chi connectivity index (χ0v) is 16.6. The van der Waals surface area contributed by atoms with Crippen LogP contribution in [0.3, 0.4) is 0 Å². The monoisotopic (exact) mass is 434 g/mol. The molecule has 0 saturated heterocycles. The summed E-state index contributed by atoms with van der Waals surface area (Å²) in [5, 5.41) is 1.80. The van der Waals surface area contributed by atoms with Crippen molar-refractivity contribution in [1.29, 1.82) is 0 Å². The molecule has 2 rings (SSSR count). The standard InChI is InChI=1S/C19H22ClF3N2O4/c1-25(17(27)11-29-18(28)8-12-4-2-3-5-12)10-16(26)24-13-6-7-15(20)14(9-13)19(21,22)23/h6-7,9,12H,2-5,8,10-11H2,1H3,(H,24,26). The van der Waals surface area contributed by atoms with Crippen LogP contribution in [0.5, 0.6) is 0 Å². The van der Waals surface area contributed by atoms with Crippen LogP contribution in [0.2, 0.25) is 5.02 Å². The molecule has 1 aliphatic carbocycles. The number of benzene rings is 1. The molecule has 0 aromatic heterocycles. The minimum Gasteiger partial charge on any atom is -0.456 e. The van der Waals surface area contributed by atoms with Crippen molar-refractivity contribution in [2.45, 2.75) is 38.3 Å². The zero-order valence-electron chi connectivity index (χ0n) is 15.9. The Bertz CT molecular complexity index is 764. The van der Waals surface area contributed by atoms with Crippen LogP contribution in [-0.4, -0.2) is 42.9 Å². The lowest BCUT2D eigenvalue weighted by Gasteiger charge is -2.17. The van der Waals surface area contributed by atoms with E-state index in [1.54, 1.807) is 0 Å². The van der Waals surface area contributed by atoms with E-state index in [1.807, 2.05) is 0 Å². The molecular formula is C19H22ClF3N2O4. The van der Waals surface area contributed by atoms with E-state index in [2.05, 4.69) is 5.32 Å². The molecule has 1 aliphatic rings. The maximum Gasteiger partial charge on any atom is 0.417 e. The number of carbonyl (C=O) groups excluding carboxylic acids is 3. The van der Waals surface area contributed by atoms with Crippen LogP contribution >= 0.6 is 11.6 Å². The molecule has 1 saturated carbocycles. The summed E-state index contributed by atoms with van der Waals surface area (Å²) >= 11 is 5.53. The molecule has 1 aromatic rings. The summed E-state index contributed by atoms with van der Waals surface area (Å²) in [5.41, 5.74) is -1.17. The largest absolute Gasteiger partial charge is 0.456 e. The molecule has 0 unspecified atom stereocenters. The van der Waals surface area contributed by atoms with Crippen molar-refractivity contribution in [3.05, 3.63) is 28.8 Å². The van der Waals surface area contributed by atoms with Gasteiger partial charge in [0.25, 0.3) is 5.91 Å². The van der Waals surface area contributed by atoms with Crippen molar-refractivity contribution in [2.75, 3.05) is 25.5 Å². The first-order valence-corrected chi connectivity index (χ1v) is 9.50. The van der Waals surface area contributed by atoms with E-state index >= 15 is 0 Å². The Labute approximate surface area is 171 Å². The molecule has 2 amide bonds. The van der Waals surface area contributed by atoms with Crippen molar-refractivity contribution >= 4 is 35.1 Å². The van der Waals surface area contributed by atoms with Gasteiger partial charge in [-0.3, -0.25) is 14.4 Å². The van der Waals surface area contributed by atoms with Crippen LogP contribution in [0.25, 0.3) is 0 Å². The first-order chi connectivity index (χ1) is 13.6. The first-order valence-electron chi connectivity index (χ1n) is 9.12. The fourth-order valence-electron chi connectivity index (χ4n) is 3.09. The van der Waals surface area contributed by atoms with Crippen LogP contribution in [0.1, 0.15) is 37.7 Å². The number of rotatable bonds is 7. The van der Waals surface area contributed by atoms with E-state index in [0.29, 0.717) is 12.0 Å². The molecule has 0 radical (unpaired) electrons. The van der Waals surface area contributed by atoms with Gasteiger partial charge in [0.05, 0.1) is 17.1 Å². The minimum atomic E-state index is -4.66. The Kier molecular flexibility index (Phi) is 7.89. The molecule has 29 heavy (non-hydrogen) atoms. The summed E-state index contributed by atoms with van der Waals surface area (Å²) in [4.78, 5) is 36.8. The molecule has 1 N–H and O–H groups in total. The van der Waals surface area contributed by atoms with Gasteiger partial charge in [0.2, 0.25) is 5.91 Å². The van der Waals surface area contributed by atoms with Crippen molar-refractivity contribution in [3.63, 3.8) is 0 Å². The molecule has 0 heterocycles. The molecule has 0 spiro atoms. The van der Waals surface area contributed by atoms with Gasteiger partial charge in [-0.1, -0.05) is 24.4 Å². The number of anilines is 1. The van der Waals surface area contributed by atoms with Gasteiger partial charge in [-0.05, 0) is 37.0 Å². The lowest BCUT2D eigenvalue weighted by molar-refractivity contribution is -0.152. The van der Waals surface area contributed by atoms with Gasteiger partial charge in [-0.25, -0.2) is 0 Å². The lowest BCUT2D eigenvalue weighted by atomic mass is 10.1. The lowest BCUT2D eigenvalue weighted by Crippen LogP contribution is -2.37. The van der Waals surface area contributed by atoms with Gasteiger partial charge in [-0.2, -0.15) is 13.2 Å². The molecule has 0 aliphatic heterocycles. The zero-order chi connectivity index (χ0) is 21.6. The first kappa shape index (κ1) is 23.0. The molecule has 6 nitrogen and oxygen atoms in total. The Morgan fingerprint density at radius 3 is 2.52 bits per heavy atom. The second-order valence-corrected chi connectivity index (χ2v) is 7.41. The maximum absolute atomic E-state index is 12.9. The molecule has 160 valence electrons. The Morgan fingerprint density at radius 2 is 1.90 bits per heavy atom. The van der Waals surface area contributed by atoms with Crippen molar-refractivity contribution in [3.8, 4) is 0 Å². The number of ether oxygens (including phenoxy) is 1. The average Bonchev–Trinajstić information content (AvgIpc) is 3.13. The van der Waals surface area contributed by atoms with Crippen molar-refractivity contribution in [1.82, 2.24) is 4.90 Å². The van der Waals surface area contributed by atoms with Gasteiger partial charge in [-0.15, -0.1) is 0 Å². The Morgan fingerprint density at radius 1 is 1.24 bits per heavy atom. The number of halogens is 4. The van der Waals surface area contributed by atoms with Crippen LogP contribution in [0, 0.1) is 5.92 Å². The Balaban J connectivity index is 1.80. The number of esters is 1. The third-order valence-corrected chi connectivity index (χ3v) is 4.98. The number of nitrogens with one attached hydrogen (secondary N) is 1. The maximum atomic E-state index is 12.9. The second-order valence-electron chi connectivity index (χ2n) is 7.01. The number of hydrogen-bond donors (Lipinski definition) is 1. The highest BCUT2D eigenvalue weighted by atomic mass is 35.5. The summed E-state index contributed by atoms with van der Waals surface area (Å²) in [6, 6.07) is 2.97. The van der Waals surface area contributed by atoms with Gasteiger partial charge >= 0.3 is 12.1 Å². The van der Waals surface area contributed by atoms with Crippen molar-refractivity contribution < 1.29 is 32.3 Å². The van der Waals surface area contributed by atoms with E-state index in [0.717, 1.165) is 36.6 Å². The van der Waals surface area contributed by atoms with Crippen LogP contribution < -0.4 is 5.32 Å². The highest BCUT2D eigenvalue weighted by Crippen LogP contribution is 2.36. The number of amides is 2. The molecule has 1 aromatic carbocycles. The molecule has 1 fully saturated rings. The number of hydrogen-bond acceptors (Lipinski definition) is 4. The molecular weight excluding hydrogens is 413 g/mol. The van der Waals surface area contributed by atoms with Gasteiger partial charge < -0.3 is 15.0 Å². The van der Waals surface area contributed by atoms with E-state index in [1.165, 1.54) is 13.1 Å². The SMILES string of the molecule is CN(CC(=O)Nc1ccc(Cl)c(C(F)(F)F)c1)C(=O)COC(=O)CC1CCCC1. The van der Waals surface area contributed by atoms with Gasteiger partial charge in [0, 0.05) is 19.2 Å².